The lowest BCUT2D eigenvalue weighted by Gasteiger charge is -2.19. The fraction of sp³-hybridized carbons (Fsp3) is 0.800. The summed E-state index contributed by atoms with van der Waals surface area (Å²) in [7, 11) is 0. The van der Waals surface area contributed by atoms with E-state index in [2.05, 4.69) is 5.32 Å². The van der Waals surface area contributed by atoms with Crippen molar-refractivity contribution in [3.8, 4) is 6.07 Å². The first kappa shape index (κ1) is 12.9. The van der Waals surface area contributed by atoms with Gasteiger partial charge in [-0.2, -0.15) is 5.26 Å². The molecule has 0 aromatic rings. The zero-order valence-corrected chi connectivity index (χ0v) is 9.26. The average Bonchev–Trinajstić information content (AvgIpc) is 2.09. The molecule has 0 heterocycles. The van der Waals surface area contributed by atoms with Crippen LogP contribution in [0.3, 0.4) is 0 Å². The van der Waals surface area contributed by atoms with Crippen molar-refractivity contribution in [2.75, 3.05) is 6.61 Å². The molecule has 0 aromatic heterocycles. The third kappa shape index (κ3) is 6.44. The van der Waals surface area contributed by atoms with E-state index in [9.17, 15) is 4.79 Å². The van der Waals surface area contributed by atoms with Crippen molar-refractivity contribution in [3.05, 3.63) is 0 Å². The molecule has 1 atom stereocenters. The Balaban J connectivity index is 3.83. The van der Waals surface area contributed by atoms with Crippen LogP contribution in [0.5, 0.6) is 0 Å². The lowest BCUT2D eigenvalue weighted by atomic mass is 10.2. The molecule has 0 rings (SSSR count). The first-order chi connectivity index (χ1) is 6.39. The summed E-state index contributed by atoms with van der Waals surface area (Å²) in [5.41, 5.74) is -0.328. The summed E-state index contributed by atoms with van der Waals surface area (Å²) in [4.78, 5) is 11.2. The number of carbonyl (C=O) groups excluding carboxylic acids is 1. The highest BCUT2D eigenvalue weighted by Gasteiger charge is 2.14. The second-order valence-electron chi connectivity index (χ2n) is 4.06. The van der Waals surface area contributed by atoms with Gasteiger partial charge in [-0.05, 0) is 27.2 Å². The van der Waals surface area contributed by atoms with Crippen LogP contribution in [-0.4, -0.2) is 24.2 Å². The Morgan fingerprint density at radius 3 is 2.50 bits per heavy atom. The van der Waals surface area contributed by atoms with Gasteiger partial charge in [-0.25, -0.2) is 0 Å². The highest BCUT2D eigenvalue weighted by Crippen LogP contribution is 2.05. The third-order valence-corrected chi connectivity index (χ3v) is 1.54. The second-order valence-corrected chi connectivity index (χ2v) is 4.06. The molecule has 1 N–H and O–H groups in total. The molecule has 0 aromatic carbocycles. The van der Waals surface area contributed by atoms with Crippen LogP contribution in [-0.2, 0) is 9.53 Å². The Labute approximate surface area is 85.2 Å². The molecule has 80 valence electrons. The van der Waals surface area contributed by atoms with Crippen molar-refractivity contribution >= 4 is 5.91 Å². The predicted molar refractivity (Wildman–Crippen MR) is 53.5 cm³/mol. The Bertz CT molecular complexity index is 225. The van der Waals surface area contributed by atoms with Crippen LogP contribution in [0.15, 0.2) is 0 Å². The van der Waals surface area contributed by atoms with Gasteiger partial charge in [0, 0.05) is 0 Å². The topological polar surface area (TPSA) is 62.1 Å². The molecule has 0 aliphatic rings. The Morgan fingerprint density at radius 1 is 1.57 bits per heavy atom. The molecular formula is C10H18N2O2. The van der Waals surface area contributed by atoms with Crippen LogP contribution in [0.2, 0.25) is 0 Å². The number of carbonyl (C=O) groups is 1. The number of nitrogens with zero attached hydrogens (tertiary/aromatic N) is 1. The van der Waals surface area contributed by atoms with E-state index in [1.165, 1.54) is 0 Å². The van der Waals surface area contributed by atoms with Crippen molar-refractivity contribution in [1.82, 2.24) is 5.32 Å². The van der Waals surface area contributed by atoms with E-state index in [0.29, 0.717) is 6.42 Å². The smallest absolute Gasteiger partial charge is 0.247 e. The Morgan fingerprint density at radius 2 is 2.14 bits per heavy atom. The fourth-order valence-electron chi connectivity index (χ4n) is 0.744. The summed E-state index contributed by atoms with van der Waals surface area (Å²) < 4.78 is 5.26. The summed E-state index contributed by atoms with van der Waals surface area (Å²) in [6, 6.07) is 1.58. The Kier molecular flexibility index (Phi) is 5.18. The molecule has 0 bridgehead atoms. The summed E-state index contributed by atoms with van der Waals surface area (Å²) in [6.45, 7) is 7.48. The molecule has 4 nitrogen and oxygen atoms in total. The van der Waals surface area contributed by atoms with Gasteiger partial charge in [0.2, 0.25) is 5.91 Å². The normalized spacial score (nSPS) is 13.1. The van der Waals surface area contributed by atoms with Crippen molar-refractivity contribution in [2.45, 2.75) is 45.8 Å². The highest BCUT2D eigenvalue weighted by atomic mass is 16.5. The van der Waals surface area contributed by atoms with Crippen LogP contribution in [0.25, 0.3) is 0 Å². The number of rotatable bonds is 4. The molecule has 4 heteroatoms. The van der Waals surface area contributed by atoms with Crippen molar-refractivity contribution in [3.63, 3.8) is 0 Å². The molecule has 0 aliphatic heterocycles. The van der Waals surface area contributed by atoms with Gasteiger partial charge < -0.3 is 10.1 Å². The molecule has 0 fully saturated rings. The van der Waals surface area contributed by atoms with Crippen LogP contribution < -0.4 is 5.32 Å². The maximum atomic E-state index is 11.2. The lowest BCUT2D eigenvalue weighted by molar-refractivity contribution is -0.130. The monoisotopic (exact) mass is 198 g/mol. The van der Waals surface area contributed by atoms with Crippen molar-refractivity contribution < 1.29 is 9.53 Å². The van der Waals surface area contributed by atoms with Crippen molar-refractivity contribution in [1.29, 1.82) is 5.26 Å². The minimum atomic E-state index is -0.411. The van der Waals surface area contributed by atoms with Gasteiger partial charge in [-0.15, -0.1) is 0 Å². The van der Waals surface area contributed by atoms with E-state index >= 15 is 0 Å². The molecule has 0 radical (unpaired) electrons. The number of hydrogen-bond acceptors (Lipinski definition) is 3. The molecule has 1 unspecified atom stereocenters. The SMILES string of the molecule is CCC(C#N)NC(=O)COC(C)(C)C. The molecule has 0 spiro atoms. The largest absolute Gasteiger partial charge is 0.366 e. The second kappa shape index (κ2) is 5.61. The van der Waals surface area contributed by atoms with Crippen LogP contribution in [0.4, 0.5) is 0 Å². The number of hydrogen-bond donors (Lipinski definition) is 1. The van der Waals surface area contributed by atoms with Gasteiger partial charge in [-0.1, -0.05) is 6.92 Å². The van der Waals surface area contributed by atoms with Gasteiger partial charge in [0.1, 0.15) is 12.6 Å². The fourth-order valence-corrected chi connectivity index (χ4v) is 0.744. The van der Waals surface area contributed by atoms with Crippen LogP contribution in [0.1, 0.15) is 34.1 Å². The third-order valence-electron chi connectivity index (χ3n) is 1.54. The van der Waals surface area contributed by atoms with E-state index in [1.54, 1.807) is 0 Å². The van der Waals surface area contributed by atoms with Crippen LogP contribution >= 0.6 is 0 Å². The minimum Gasteiger partial charge on any atom is -0.366 e. The van der Waals surface area contributed by atoms with E-state index in [-0.39, 0.29) is 18.1 Å². The first-order valence-electron chi connectivity index (χ1n) is 4.72. The number of nitrogens with one attached hydrogen (secondary N) is 1. The molecule has 1 amide bonds. The van der Waals surface area contributed by atoms with E-state index < -0.39 is 6.04 Å². The number of ether oxygens (including phenoxy) is 1. The maximum absolute atomic E-state index is 11.2. The van der Waals surface area contributed by atoms with Gasteiger partial charge in [0.25, 0.3) is 0 Å². The quantitative estimate of drug-likeness (QED) is 0.738. The van der Waals surface area contributed by atoms with Crippen molar-refractivity contribution in [2.24, 2.45) is 0 Å². The lowest BCUT2D eigenvalue weighted by Crippen LogP contribution is -2.37. The van der Waals surface area contributed by atoms with E-state index in [4.69, 9.17) is 10.00 Å². The average molecular weight is 198 g/mol. The molecule has 14 heavy (non-hydrogen) atoms. The summed E-state index contributed by atoms with van der Waals surface area (Å²) in [6.07, 6.45) is 0.609. The standard InChI is InChI=1S/C10H18N2O2/c1-5-8(6-11)12-9(13)7-14-10(2,3)4/h8H,5,7H2,1-4H3,(H,12,13). The first-order valence-corrected chi connectivity index (χ1v) is 4.72. The van der Waals surface area contributed by atoms with Gasteiger partial charge in [0.15, 0.2) is 0 Å². The number of nitriles is 1. The molecule has 0 saturated carbocycles. The molecule has 0 aliphatic carbocycles. The van der Waals surface area contributed by atoms with Gasteiger partial charge >= 0.3 is 0 Å². The molecule has 0 saturated heterocycles. The summed E-state index contributed by atoms with van der Waals surface area (Å²) in [5.74, 6) is -0.242. The zero-order chi connectivity index (χ0) is 11.2. The summed E-state index contributed by atoms with van der Waals surface area (Å²) >= 11 is 0. The maximum Gasteiger partial charge on any atom is 0.247 e. The van der Waals surface area contributed by atoms with E-state index in [1.807, 2.05) is 33.8 Å². The van der Waals surface area contributed by atoms with E-state index in [0.717, 1.165) is 0 Å². The highest BCUT2D eigenvalue weighted by molar-refractivity contribution is 5.77. The van der Waals surface area contributed by atoms with Gasteiger partial charge in [-0.3, -0.25) is 4.79 Å². The predicted octanol–water partition coefficient (Wildman–Crippen LogP) is 1.22. The Hall–Kier alpha value is -1.08. The number of amides is 1. The molecular weight excluding hydrogens is 180 g/mol. The summed E-state index contributed by atoms with van der Waals surface area (Å²) in [5, 5.41) is 11.2. The zero-order valence-electron chi connectivity index (χ0n) is 9.26. The minimum absolute atomic E-state index is 0.00167. The van der Waals surface area contributed by atoms with Crippen LogP contribution in [0, 0.1) is 11.3 Å². The van der Waals surface area contributed by atoms with Gasteiger partial charge in [0.05, 0.1) is 11.7 Å².